The number of fused-ring (bicyclic) bond motifs is 7. The number of nitrogens with zero attached hydrogens (tertiary/aromatic N) is 2. The first-order valence-corrected chi connectivity index (χ1v) is 12.3. The van der Waals surface area contributed by atoms with Gasteiger partial charge in [-0.1, -0.05) is 42.5 Å². The molecule has 8 rings (SSSR count). The molecule has 0 atom stereocenters. The number of hydrogen-bond donors (Lipinski definition) is 1. The number of nitrogens with one attached hydrogen (secondary N) is 1. The van der Waals surface area contributed by atoms with Gasteiger partial charge in [0.15, 0.2) is 5.58 Å². The molecule has 1 aliphatic heterocycles. The molecule has 1 N–H and O–H groups in total. The van der Waals surface area contributed by atoms with Crippen LogP contribution in [0.4, 0.5) is 17.1 Å². The van der Waals surface area contributed by atoms with Crippen LogP contribution in [-0.4, -0.2) is 4.98 Å². The topological polar surface area (TPSA) is 54.4 Å². The smallest absolute Gasteiger partial charge is 0.177 e. The monoisotopic (exact) mass is 479 g/mol. The van der Waals surface area contributed by atoms with E-state index in [9.17, 15) is 0 Å². The first-order chi connectivity index (χ1) is 18.3. The Kier molecular flexibility index (Phi) is 4.22. The maximum atomic E-state index is 6.42. The van der Waals surface area contributed by atoms with Crippen LogP contribution in [0.5, 0.6) is 0 Å². The van der Waals surface area contributed by atoms with Gasteiger partial charge in [-0.2, -0.15) is 0 Å². The van der Waals surface area contributed by atoms with Crippen LogP contribution in [0.3, 0.4) is 0 Å². The Morgan fingerprint density at radius 1 is 0.730 bits per heavy atom. The number of hydrogen-bond acceptors (Lipinski definition) is 5. The second kappa shape index (κ2) is 7.73. The Morgan fingerprint density at radius 2 is 1.54 bits per heavy atom. The minimum Gasteiger partial charge on any atom is -0.459 e. The molecule has 0 spiro atoms. The van der Waals surface area contributed by atoms with Crippen molar-refractivity contribution in [1.82, 2.24) is 10.3 Å². The molecule has 0 radical (unpaired) electrons. The molecular formula is C32H21N3O2. The van der Waals surface area contributed by atoms with E-state index in [1.54, 1.807) is 0 Å². The third kappa shape index (κ3) is 3.07. The van der Waals surface area contributed by atoms with Gasteiger partial charge < -0.3 is 19.1 Å². The molecule has 0 unspecified atom stereocenters. The zero-order chi connectivity index (χ0) is 24.3. The summed E-state index contributed by atoms with van der Waals surface area (Å²) < 4.78 is 12.6. The molecule has 0 fully saturated rings. The highest BCUT2D eigenvalue weighted by Crippen LogP contribution is 2.43. The van der Waals surface area contributed by atoms with Crippen molar-refractivity contribution in [3.8, 4) is 0 Å². The van der Waals surface area contributed by atoms with Crippen LogP contribution < -0.4 is 10.2 Å². The van der Waals surface area contributed by atoms with Gasteiger partial charge in [-0.3, -0.25) is 4.98 Å². The lowest BCUT2D eigenvalue weighted by Gasteiger charge is -2.25. The van der Waals surface area contributed by atoms with Gasteiger partial charge >= 0.3 is 0 Å². The lowest BCUT2D eigenvalue weighted by molar-refractivity contribution is 0.532. The molecule has 0 aliphatic carbocycles. The third-order valence-electron chi connectivity index (χ3n) is 7.15. The minimum absolute atomic E-state index is 0.689. The van der Waals surface area contributed by atoms with Crippen molar-refractivity contribution in [2.75, 3.05) is 4.90 Å². The normalized spacial score (nSPS) is 12.9. The second-order valence-electron chi connectivity index (χ2n) is 9.31. The van der Waals surface area contributed by atoms with Crippen molar-refractivity contribution in [2.24, 2.45) is 0 Å². The van der Waals surface area contributed by atoms with E-state index in [1.807, 2.05) is 36.7 Å². The molecule has 0 saturated heterocycles. The van der Waals surface area contributed by atoms with Gasteiger partial charge in [-0.25, -0.2) is 0 Å². The maximum absolute atomic E-state index is 6.42. The molecule has 5 nitrogen and oxygen atoms in total. The molecule has 4 heterocycles. The molecule has 3 aromatic heterocycles. The molecule has 0 bridgehead atoms. The third-order valence-corrected chi connectivity index (χ3v) is 7.15. The van der Waals surface area contributed by atoms with Crippen LogP contribution in [0.2, 0.25) is 0 Å². The van der Waals surface area contributed by atoms with Gasteiger partial charge in [0, 0.05) is 33.9 Å². The van der Waals surface area contributed by atoms with Crippen LogP contribution in [-0.2, 0) is 6.54 Å². The van der Waals surface area contributed by atoms with E-state index in [0.29, 0.717) is 6.54 Å². The summed E-state index contributed by atoms with van der Waals surface area (Å²) in [5, 5.41) is 7.71. The standard InChI is InChI=1S/C32H21N3O2/c1-2-6-21-17-22(10-9-20(21)5-1)35(23-11-12-29-26(18-23)24-13-15-33-19-30(24)36-29)27-14-16-34-31-25-7-3-4-8-28(25)37-32(27)31/h1-18,33H,19H2. The van der Waals surface area contributed by atoms with E-state index >= 15 is 0 Å². The maximum Gasteiger partial charge on any atom is 0.177 e. The predicted molar refractivity (Wildman–Crippen MR) is 149 cm³/mol. The number of pyridine rings is 1. The van der Waals surface area contributed by atoms with E-state index in [0.717, 1.165) is 61.4 Å². The zero-order valence-electron chi connectivity index (χ0n) is 19.8. The Bertz CT molecular complexity index is 2010. The summed E-state index contributed by atoms with van der Waals surface area (Å²) in [6.07, 6.45) is 5.92. The highest BCUT2D eigenvalue weighted by Gasteiger charge is 2.22. The van der Waals surface area contributed by atoms with Crippen molar-refractivity contribution in [3.05, 3.63) is 115 Å². The van der Waals surface area contributed by atoms with Gasteiger partial charge in [0.05, 0.1) is 12.2 Å². The highest BCUT2D eigenvalue weighted by molar-refractivity contribution is 6.08. The Morgan fingerprint density at radius 3 is 2.51 bits per heavy atom. The van der Waals surface area contributed by atoms with Crippen molar-refractivity contribution in [1.29, 1.82) is 0 Å². The second-order valence-corrected chi connectivity index (χ2v) is 9.31. The summed E-state index contributed by atoms with van der Waals surface area (Å²) in [5.74, 6) is 0.954. The van der Waals surface area contributed by atoms with E-state index in [2.05, 4.69) is 83.0 Å². The number of anilines is 3. The number of para-hydroxylation sites is 1. The van der Waals surface area contributed by atoms with E-state index in [1.165, 1.54) is 10.8 Å². The molecule has 4 aromatic carbocycles. The van der Waals surface area contributed by atoms with Gasteiger partial charge in [-0.15, -0.1) is 0 Å². The van der Waals surface area contributed by atoms with Crippen molar-refractivity contribution in [3.63, 3.8) is 0 Å². The molecular weight excluding hydrogens is 458 g/mol. The van der Waals surface area contributed by atoms with Crippen LogP contribution in [0.15, 0.2) is 112 Å². The van der Waals surface area contributed by atoms with Gasteiger partial charge in [0.25, 0.3) is 0 Å². The van der Waals surface area contributed by atoms with Crippen molar-refractivity contribution < 1.29 is 8.83 Å². The Balaban J connectivity index is 1.42. The van der Waals surface area contributed by atoms with Crippen LogP contribution in [0.1, 0.15) is 11.3 Å². The zero-order valence-corrected chi connectivity index (χ0v) is 19.8. The minimum atomic E-state index is 0.689. The van der Waals surface area contributed by atoms with Crippen LogP contribution in [0.25, 0.3) is 49.9 Å². The number of rotatable bonds is 3. The van der Waals surface area contributed by atoms with Crippen LogP contribution in [0, 0.1) is 0 Å². The number of benzene rings is 4. The highest BCUT2D eigenvalue weighted by atomic mass is 16.3. The van der Waals surface area contributed by atoms with Gasteiger partial charge in [0.1, 0.15) is 22.4 Å². The average Bonchev–Trinajstić information content (AvgIpc) is 3.52. The van der Waals surface area contributed by atoms with E-state index < -0.39 is 0 Å². The summed E-state index contributed by atoms with van der Waals surface area (Å²) in [7, 11) is 0. The molecule has 5 heteroatoms. The fraction of sp³-hybridized carbons (Fsp3) is 0.0312. The van der Waals surface area contributed by atoms with Gasteiger partial charge in [0.2, 0.25) is 0 Å². The van der Waals surface area contributed by atoms with Gasteiger partial charge in [-0.05, 0) is 71.6 Å². The molecule has 0 saturated carbocycles. The molecule has 1 aliphatic rings. The summed E-state index contributed by atoms with van der Waals surface area (Å²) in [5.41, 5.74) is 7.44. The summed E-state index contributed by atoms with van der Waals surface area (Å²) in [6, 6.07) is 31.4. The molecule has 176 valence electrons. The first kappa shape index (κ1) is 20.2. The molecule has 37 heavy (non-hydrogen) atoms. The Labute approximate surface area is 212 Å². The summed E-state index contributed by atoms with van der Waals surface area (Å²) >= 11 is 0. The Hall–Kier alpha value is -5.03. The fourth-order valence-electron chi connectivity index (χ4n) is 5.41. The SMILES string of the molecule is C1=Cc2c(oc3ccc(N(c4ccc5ccccc5c4)c4ccnc5c4oc4ccccc45)cc23)CN1. The predicted octanol–water partition coefficient (Wildman–Crippen LogP) is 8.42. The quantitative estimate of drug-likeness (QED) is 0.276. The van der Waals surface area contributed by atoms with E-state index in [-0.39, 0.29) is 0 Å². The molecule has 0 amide bonds. The van der Waals surface area contributed by atoms with Crippen molar-refractivity contribution >= 4 is 66.9 Å². The summed E-state index contributed by atoms with van der Waals surface area (Å²) in [4.78, 5) is 6.95. The fourth-order valence-corrected chi connectivity index (χ4v) is 5.41. The lowest BCUT2D eigenvalue weighted by Crippen LogP contribution is -2.10. The lowest BCUT2D eigenvalue weighted by atomic mass is 10.1. The number of furan rings is 2. The van der Waals surface area contributed by atoms with E-state index in [4.69, 9.17) is 13.8 Å². The van der Waals surface area contributed by atoms with Crippen molar-refractivity contribution in [2.45, 2.75) is 6.54 Å². The molecule has 7 aromatic rings. The van der Waals surface area contributed by atoms with Crippen LogP contribution >= 0.6 is 0 Å². The number of aromatic nitrogens is 1. The summed E-state index contributed by atoms with van der Waals surface area (Å²) in [6.45, 7) is 0.689. The largest absolute Gasteiger partial charge is 0.459 e. The first-order valence-electron chi connectivity index (χ1n) is 12.3. The average molecular weight is 480 g/mol.